The molecule has 3 heterocycles. The maximum Gasteiger partial charge on any atom is 0.274 e. The Morgan fingerprint density at radius 2 is 1.93 bits per heavy atom. The summed E-state index contributed by atoms with van der Waals surface area (Å²) < 4.78 is 1.74. The van der Waals surface area contributed by atoms with E-state index in [0.29, 0.717) is 42.5 Å². The molecule has 1 fully saturated rings. The van der Waals surface area contributed by atoms with Crippen molar-refractivity contribution in [3.63, 3.8) is 0 Å². The van der Waals surface area contributed by atoms with E-state index in [2.05, 4.69) is 23.1 Å². The molecule has 6 rings (SSSR count). The Labute approximate surface area is 247 Å². The van der Waals surface area contributed by atoms with Gasteiger partial charge in [0.25, 0.3) is 5.91 Å². The van der Waals surface area contributed by atoms with Crippen LogP contribution in [0.3, 0.4) is 0 Å². The molecule has 0 unspecified atom stereocenters. The number of amides is 2. The summed E-state index contributed by atoms with van der Waals surface area (Å²) in [7, 11) is 1.83. The van der Waals surface area contributed by atoms with Crippen LogP contribution in [-0.4, -0.2) is 67.2 Å². The fourth-order valence-corrected chi connectivity index (χ4v) is 5.58. The highest BCUT2D eigenvalue weighted by Crippen LogP contribution is 2.31. The van der Waals surface area contributed by atoms with Crippen molar-refractivity contribution in [3.8, 4) is 23.2 Å². The molecule has 2 N–H and O–H groups in total. The average Bonchev–Trinajstić information content (AvgIpc) is 3.41. The predicted octanol–water partition coefficient (Wildman–Crippen LogP) is 4.26. The van der Waals surface area contributed by atoms with Gasteiger partial charge in [0.15, 0.2) is 5.82 Å². The standard InChI is InChI=1S/C32H28N8O3/c1-3-29(42)40-14-13-39(19-22(40)11-12-33)28-17-27(32(43)36-26-16-23(41)15-20-7-4-5-9-24(20)26)35-31(37-28)25-10-6-8-21-18-34-38(2)30(21)25/h3-10,15-18,22,41H,1,11,13-14,19H2,2H3,(H,36,43)/t22-/m0/s1. The van der Waals surface area contributed by atoms with Crippen molar-refractivity contribution in [3.05, 3.63) is 85.2 Å². The average molecular weight is 573 g/mol. The van der Waals surface area contributed by atoms with E-state index in [9.17, 15) is 20.0 Å². The van der Waals surface area contributed by atoms with Crippen molar-refractivity contribution in [2.75, 3.05) is 29.9 Å². The number of carbonyl (C=O) groups is 2. The number of para-hydroxylation sites is 1. The number of hydrogen-bond donors (Lipinski definition) is 2. The third-order valence-corrected chi connectivity index (χ3v) is 7.63. The topological polar surface area (TPSA) is 140 Å². The largest absolute Gasteiger partial charge is 0.508 e. The molecule has 3 aromatic carbocycles. The Hall–Kier alpha value is -5.76. The van der Waals surface area contributed by atoms with Crippen molar-refractivity contribution in [2.45, 2.75) is 12.5 Å². The number of carbonyl (C=O) groups excluding carboxylic acids is 2. The monoisotopic (exact) mass is 572 g/mol. The van der Waals surface area contributed by atoms with E-state index >= 15 is 0 Å². The lowest BCUT2D eigenvalue weighted by molar-refractivity contribution is -0.128. The second-order valence-corrected chi connectivity index (χ2v) is 10.3. The van der Waals surface area contributed by atoms with Gasteiger partial charge in [-0.05, 0) is 23.6 Å². The Kier molecular flexibility index (Phi) is 7.17. The van der Waals surface area contributed by atoms with Gasteiger partial charge in [0.05, 0.1) is 35.9 Å². The molecule has 1 saturated heterocycles. The molecule has 1 atom stereocenters. The molecule has 0 aliphatic carbocycles. The van der Waals surface area contributed by atoms with Gasteiger partial charge in [0.2, 0.25) is 5.91 Å². The zero-order valence-electron chi connectivity index (χ0n) is 23.4. The fourth-order valence-electron chi connectivity index (χ4n) is 5.58. The smallest absolute Gasteiger partial charge is 0.274 e. The lowest BCUT2D eigenvalue weighted by Crippen LogP contribution is -2.55. The summed E-state index contributed by atoms with van der Waals surface area (Å²) in [6.07, 6.45) is 3.15. The molecular weight excluding hydrogens is 544 g/mol. The van der Waals surface area contributed by atoms with Crippen molar-refractivity contribution in [2.24, 2.45) is 7.05 Å². The van der Waals surface area contributed by atoms with Crippen LogP contribution in [0.25, 0.3) is 33.1 Å². The SMILES string of the molecule is C=CC(=O)N1CCN(c2cc(C(=O)Nc3cc(O)cc4ccccc34)nc(-c3cccc4cnn(C)c34)n2)C[C@@H]1CC#N. The quantitative estimate of drug-likeness (QED) is 0.288. The maximum atomic E-state index is 13.8. The first-order chi connectivity index (χ1) is 20.9. The number of nitriles is 1. The molecule has 0 saturated carbocycles. The van der Waals surface area contributed by atoms with Crippen LogP contribution < -0.4 is 10.2 Å². The van der Waals surface area contributed by atoms with Crippen LogP contribution in [0.2, 0.25) is 0 Å². The summed E-state index contributed by atoms with van der Waals surface area (Å²) in [5.41, 5.74) is 2.08. The fraction of sp³-hybridized carbons (Fsp3) is 0.188. The van der Waals surface area contributed by atoms with E-state index in [4.69, 9.17) is 9.97 Å². The molecular formula is C32H28N8O3. The Balaban J connectivity index is 1.44. The molecule has 2 aromatic heterocycles. The van der Waals surface area contributed by atoms with Crippen LogP contribution in [0.4, 0.5) is 11.5 Å². The Morgan fingerprint density at radius 3 is 2.74 bits per heavy atom. The van der Waals surface area contributed by atoms with Gasteiger partial charge < -0.3 is 20.2 Å². The third kappa shape index (κ3) is 5.22. The minimum absolute atomic E-state index is 0.0245. The summed E-state index contributed by atoms with van der Waals surface area (Å²) in [5.74, 6) is 0.135. The second-order valence-electron chi connectivity index (χ2n) is 10.3. The molecule has 1 aliphatic heterocycles. The van der Waals surface area contributed by atoms with Gasteiger partial charge in [-0.15, -0.1) is 0 Å². The van der Waals surface area contributed by atoms with Gasteiger partial charge in [-0.25, -0.2) is 9.97 Å². The molecule has 0 spiro atoms. The summed E-state index contributed by atoms with van der Waals surface area (Å²) in [5, 5.41) is 29.5. The number of benzene rings is 3. The van der Waals surface area contributed by atoms with Crippen LogP contribution in [0.15, 0.2) is 79.5 Å². The van der Waals surface area contributed by atoms with Crippen LogP contribution in [-0.2, 0) is 11.8 Å². The van der Waals surface area contributed by atoms with Crippen molar-refractivity contribution >= 4 is 45.0 Å². The molecule has 214 valence electrons. The molecule has 5 aromatic rings. The first kappa shape index (κ1) is 27.4. The number of hydrogen-bond acceptors (Lipinski definition) is 8. The lowest BCUT2D eigenvalue weighted by Gasteiger charge is -2.40. The number of aromatic hydroxyl groups is 1. The van der Waals surface area contributed by atoms with E-state index in [1.54, 1.807) is 27.9 Å². The number of piperazine rings is 1. The number of nitrogens with one attached hydrogen (secondary N) is 1. The molecule has 0 radical (unpaired) electrons. The van der Waals surface area contributed by atoms with Gasteiger partial charge in [-0.2, -0.15) is 10.4 Å². The molecule has 1 aliphatic rings. The number of anilines is 2. The van der Waals surface area contributed by atoms with E-state index < -0.39 is 5.91 Å². The van der Waals surface area contributed by atoms with Gasteiger partial charge in [-0.1, -0.05) is 43.0 Å². The van der Waals surface area contributed by atoms with E-state index in [1.165, 1.54) is 12.1 Å². The van der Waals surface area contributed by atoms with Gasteiger partial charge >= 0.3 is 0 Å². The Bertz CT molecular complexity index is 1940. The minimum atomic E-state index is -0.480. The number of aryl methyl sites for hydroxylation is 1. The first-order valence-corrected chi connectivity index (χ1v) is 13.7. The number of phenolic OH excluding ortho intramolecular Hbond substituents is 1. The molecule has 2 amide bonds. The zero-order chi connectivity index (χ0) is 30.1. The summed E-state index contributed by atoms with van der Waals surface area (Å²) in [4.78, 5) is 39.5. The maximum absolute atomic E-state index is 13.8. The second kappa shape index (κ2) is 11.3. The number of aromatic nitrogens is 4. The number of fused-ring (bicyclic) bond motifs is 2. The summed E-state index contributed by atoms with van der Waals surface area (Å²) in [6, 6.07) is 19.7. The van der Waals surface area contributed by atoms with Gasteiger partial charge in [0, 0.05) is 55.2 Å². The highest BCUT2D eigenvalue weighted by Gasteiger charge is 2.31. The number of phenols is 1. The molecule has 11 nitrogen and oxygen atoms in total. The third-order valence-electron chi connectivity index (χ3n) is 7.63. The van der Waals surface area contributed by atoms with Crippen LogP contribution in [0.5, 0.6) is 5.75 Å². The first-order valence-electron chi connectivity index (χ1n) is 13.7. The molecule has 43 heavy (non-hydrogen) atoms. The van der Waals surface area contributed by atoms with E-state index in [-0.39, 0.29) is 29.8 Å². The van der Waals surface area contributed by atoms with Crippen LogP contribution in [0, 0.1) is 11.3 Å². The van der Waals surface area contributed by atoms with Gasteiger partial charge in [0.1, 0.15) is 17.3 Å². The van der Waals surface area contributed by atoms with E-state index in [0.717, 1.165) is 21.7 Å². The Morgan fingerprint density at radius 1 is 1.12 bits per heavy atom. The predicted molar refractivity (Wildman–Crippen MR) is 163 cm³/mol. The minimum Gasteiger partial charge on any atom is -0.508 e. The van der Waals surface area contributed by atoms with Crippen molar-refractivity contribution in [1.29, 1.82) is 5.26 Å². The summed E-state index contributed by atoms with van der Waals surface area (Å²) in [6.45, 7) is 4.74. The number of rotatable bonds is 6. The molecule has 0 bridgehead atoms. The molecule has 11 heteroatoms. The van der Waals surface area contributed by atoms with Crippen LogP contribution in [0.1, 0.15) is 16.9 Å². The number of nitrogens with zero attached hydrogens (tertiary/aromatic N) is 7. The normalized spacial score (nSPS) is 14.9. The highest BCUT2D eigenvalue weighted by atomic mass is 16.3. The lowest BCUT2D eigenvalue weighted by atomic mass is 10.1. The van der Waals surface area contributed by atoms with Gasteiger partial charge in [-0.3, -0.25) is 14.3 Å². The van der Waals surface area contributed by atoms with Crippen LogP contribution >= 0.6 is 0 Å². The zero-order valence-corrected chi connectivity index (χ0v) is 23.4. The highest BCUT2D eigenvalue weighted by molar-refractivity contribution is 6.09. The van der Waals surface area contributed by atoms with Crippen molar-refractivity contribution < 1.29 is 14.7 Å². The van der Waals surface area contributed by atoms with E-state index in [1.807, 2.05) is 54.4 Å². The van der Waals surface area contributed by atoms with Crippen molar-refractivity contribution in [1.82, 2.24) is 24.6 Å². The summed E-state index contributed by atoms with van der Waals surface area (Å²) >= 11 is 0.